The van der Waals surface area contributed by atoms with Crippen LogP contribution in [0.25, 0.3) is 0 Å². The lowest BCUT2D eigenvalue weighted by atomic mass is 9.82. The maximum atomic E-state index is 11.4. The van der Waals surface area contributed by atoms with Crippen LogP contribution in [0.4, 0.5) is 0 Å². The Kier molecular flexibility index (Phi) is 2.78. The molecule has 0 bridgehead atoms. The molecule has 1 fully saturated rings. The Balaban J connectivity index is 2.35. The predicted octanol–water partition coefficient (Wildman–Crippen LogP) is 1.11. The molecule has 1 aliphatic heterocycles. The highest BCUT2D eigenvalue weighted by Crippen LogP contribution is 2.43. The highest BCUT2D eigenvalue weighted by Gasteiger charge is 2.48. The monoisotopic (exact) mass is 257 g/mol. The van der Waals surface area contributed by atoms with Crippen LogP contribution >= 0.6 is 11.3 Å². The fourth-order valence-electron chi connectivity index (χ4n) is 1.96. The third-order valence-electron chi connectivity index (χ3n) is 2.90. The number of nitriles is 1. The zero-order valence-corrected chi connectivity index (χ0v) is 10.1. The van der Waals surface area contributed by atoms with Crippen LogP contribution in [0.2, 0.25) is 0 Å². The molecule has 2 heterocycles. The molecule has 0 radical (unpaired) electrons. The Hall–Kier alpha value is -0.900. The summed E-state index contributed by atoms with van der Waals surface area (Å²) in [6.45, 7) is 0. The SMILES string of the molecule is N#CC1(C(O)c2cccs2)CCS(=O)(=O)C1. The van der Waals surface area contributed by atoms with Crippen molar-refractivity contribution in [2.24, 2.45) is 5.41 Å². The highest BCUT2D eigenvalue weighted by atomic mass is 32.2. The van der Waals surface area contributed by atoms with Crippen LogP contribution in [-0.4, -0.2) is 25.0 Å². The van der Waals surface area contributed by atoms with Crippen molar-refractivity contribution in [1.29, 1.82) is 5.26 Å². The van der Waals surface area contributed by atoms with Gasteiger partial charge in [-0.05, 0) is 17.9 Å². The van der Waals surface area contributed by atoms with E-state index in [1.807, 2.05) is 6.07 Å². The van der Waals surface area contributed by atoms with E-state index in [0.717, 1.165) is 0 Å². The van der Waals surface area contributed by atoms with Crippen LogP contribution in [0.3, 0.4) is 0 Å². The summed E-state index contributed by atoms with van der Waals surface area (Å²) in [5.41, 5.74) is -1.16. The van der Waals surface area contributed by atoms with Crippen molar-refractivity contribution in [2.45, 2.75) is 12.5 Å². The molecule has 86 valence electrons. The second kappa shape index (κ2) is 3.84. The van der Waals surface area contributed by atoms with E-state index in [1.165, 1.54) is 11.3 Å². The van der Waals surface area contributed by atoms with Gasteiger partial charge in [-0.25, -0.2) is 8.42 Å². The molecule has 1 aliphatic rings. The zero-order chi connectivity index (χ0) is 11.8. The Labute approximate surface area is 98.1 Å². The molecule has 1 saturated heterocycles. The summed E-state index contributed by atoms with van der Waals surface area (Å²) in [4.78, 5) is 0.652. The van der Waals surface area contributed by atoms with Gasteiger partial charge in [0.25, 0.3) is 0 Å². The summed E-state index contributed by atoms with van der Waals surface area (Å²) >= 11 is 1.34. The molecule has 6 heteroatoms. The van der Waals surface area contributed by atoms with Gasteiger partial charge in [-0.3, -0.25) is 0 Å². The molecule has 1 aromatic rings. The lowest BCUT2D eigenvalue weighted by molar-refractivity contribution is 0.0826. The molecule has 0 spiro atoms. The number of hydrogen-bond donors (Lipinski definition) is 1. The maximum absolute atomic E-state index is 11.4. The third kappa shape index (κ3) is 1.86. The number of thiophene rings is 1. The van der Waals surface area contributed by atoms with Crippen molar-refractivity contribution < 1.29 is 13.5 Å². The number of nitrogens with zero attached hydrogens (tertiary/aromatic N) is 1. The van der Waals surface area contributed by atoms with E-state index in [2.05, 4.69) is 0 Å². The zero-order valence-electron chi connectivity index (χ0n) is 8.46. The van der Waals surface area contributed by atoms with Crippen molar-refractivity contribution in [3.8, 4) is 6.07 Å². The Morgan fingerprint density at radius 3 is 2.81 bits per heavy atom. The number of hydrogen-bond acceptors (Lipinski definition) is 5. The van der Waals surface area contributed by atoms with Crippen LogP contribution in [0.15, 0.2) is 17.5 Å². The molecule has 1 aromatic heterocycles. The quantitative estimate of drug-likeness (QED) is 0.861. The van der Waals surface area contributed by atoms with E-state index in [-0.39, 0.29) is 17.9 Å². The number of rotatable bonds is 2. The Morgan fingerprint density at radius 1 is 1.62 bits per heavy atom. The summed E-state index contributed by atoms with van der Waals surface area (Å²) < 4.78 is 22.8. The van der Waals surface area contributed by atoms with E-state index in [0.29, 0.717) is 4.88 Å². The van der Waals surface area contributed by atoms with Gasteiger partial charge in [0.1, 0.15) is 11.5 Å². The van der Waals surface area contributed by atoms with Crippen LogP contribution in [0.1, 0.15) is 17.4 Å². The summed E-state index contributed by atoms with van der Waals surface area (Å²) in [7, 11) is -3.18. The van der Waals surface area contributed by atoms with Crippen molar-refractivity contribution >= 4 is 21.2 Å². The number of aliphatic hydroxyl groups is 1. The largest absolute Gasteiger partial charge is 0.386 e. The number of sulfone groups is 1. The van der Waals surface area contributed by atoms with Gasteiger partial charge >= 0.3 is 0 Å². The fraction of sp³-hybridized carbons (Fsp3) is 0.500. The Bertz CT molecular complexity index is 515. The average molecular weight is 257 g/mol. The normalized spacial score (nSPS) is 29.8. The minimum Gasteiger partial charge on any atom is -0.386 e. The molecule has 2 atom stereocenters. The summed E-state index contributed by atoms with van der Waals surface area (Å²) in [5, 5.41) is 21.1. The summed E-state index contributed by atoms with van der Waals surface area (Å²) in [5.74, 6) is -0.251. The Morgan fingerprint density at radius 2 is 2.38 bits per heavy atom. The van der Waals surface area contributed by atoms with E-state index < -0.39 is 21.4 Å². The molecule has 1 N–H and O–H groups in total. The van der Waals surface area contributed by atoms with Crippen LogP contribution in [-0.2, 0) is 9.84 Å². The minimum atomic E-state index is -3.18. The van der Waals surface area contributed by atoms with Crippen LogP contribution < -0.4 is 0 Å². The molecule has 2 unspecified atom stereocenters. The van der Waals surface area contributed by atoms with Gasteiger partial charge in [0.15, 0.2) is 9.84 Å². The van der Waals surface area contributed by atoms with Gasteiger partial charge in [0, 0.05) is 4.88 Å². The molecule has 0 saturated carbocycles. The van der Waals surface area contributed by atoms with E-state index in [4.69, 9.17) is 5.26 Å². The van der Waals surface area contributed by atoms with E-state index >= 15 is 0 Å². The van der Waals surface area contributed by atoms with Crippen molar-refractivity contribution in [2.75, 3.05) is 11.5 Å². The first-order valence-electron chi connectivity index (χ1n) is 4.82. The highest BCUT2D eigenvalue weighted by molar-refractivity contribution is 7.91. The van der Waals surface area contributed by atoms with Crippen molar-refractivity contribution in [3.63, 3.8) is 0 Å². The predicted molar refractivity (Wildman–Crippen MR) is 60.6 cm³/mol. The summed E-state index contributed by atoms with van der Waals surface area (Å²) in [6.07, 6.45) is -0.792. The second-order valence-electron chi connectivity index (χ2n) is 4.03. The maximum Gasteiger partial charge on any atom is 0.152 e. The molecular formula is C10H11NO3S2. The first-order valence-corrected chi connectivity index (χ1v) is 7.52. The van der Waals surface area contributed by atoms with E-state index in [1.54, 1.807) is 17.5 Å². The average Bonchev–Trinajstić information content (AvgIpc) is 2.85. The lowest BCUT2D eigenvalue weighted by Crippen LogP contribution is -2.28. The van der Waals surface area contributed by atoms with E-state index in [9.17, 15) is 13.5 Å². The third-order valence-corrected chi connectivity index (χ3v) is 5.60. The second-order valence-corrected chi connectivity index (χ2v) is 7.19. The van der Waals surface area contributed by atoms with Gasteiger partial charge in [0.05, 0.1) is 17.6 Å². The first-order chi connectivity index (χ1) is 7.49. The van der Waals surface area contributed by atoms with Gasteiger partial charge in [-0.15, -0.1) is 11.3 Å². The topological polar surface area (TPSA) is 78.2 Å². The molecular weight excluding hydrogens is 246 g/mol. The fourth-order valence-corrected chi connectivity index (χ4v) is 4.76. The van der Waals surface area contributed by atoms with Crippen LogP contribution in [0.5, 0.6) is 0 Å². The van der Waals surface area contributed by atoms with Gasteiger partial charge in [-0.2, -0.15) is 5.26 Å². The van der Waals surface area contributed by atoms with Gasteiger partial charge in [0.2, 0.25) is 0 Å². The van der Waals surface area contributed by atoms with Crippen molar-refractivity contribution in [3.05, 3.63) is 22.4 Å². The minimum absolute atomic E-state index is 0.0109. The summed E-state index contributed by atoms with van der Waals surface area (Å²) in [6, 6.07) is 5.50. The van der Waals surface area contributed by atoms with Crippen LogP contribution in [0, 0.1) is 16.7 Å². The van der Waals surface area contributed by atoms with Gasteiger partial charge < -0.3 is 5.11 Å². The molecule has 4 nitrogen and oxygen atoms in total. The van der Waals surface area contributed by atoms with Gasteiger partial charge in [-0.1, -0.05) is 6.07 Å². The standard InChI is InChI=1S/C10H11NO3S2/c11-6-10(3-5-16(13,14)7-10)9(12)8-2-1-4-15-8/h1-2,4,9,12H,3,5,7H2. The molecule has 16 heavy (non-hydrogen) atoms. The smallest absolute Gasteiger partial charge is 0.152 e. The first kappa shape index (κ1) is 11.6. The molecule has 2 rings (SSSR count). The molecule has 0 aromatic carbocycles. The lowest BCUT2D eigenvalue weighted by Gasteiger charge is -2.24. The number of aliphatic hydroxyl groups excluding tert-OH is 1. The van der Waals surface area contributed by atoms with Crippen molar-refractivity contribution in [1.82, 2.24) is 0 Å². The molecule has 0 aliphatic carbocycles. The molecule has 0 amide bonds.